The number of unbranched alkanes of at least 4 members (excludes halogenated alkanes) is 18. The van der Waals surface area contributed by atoms with E-state index < -0.39 is 0 Å². The highest BCUT2D eigenvalue weighted by Gasteiger charge is 2.60. The topological polar surface area (TPSA) is 12.5 Å². The molecule has 0 aromatic rings. The smallest absolute Gasteiger partial charge is 0.0978 e. The summed E-state index contributed by atoms with van der Waals surface area (Å²) >= 11 is 0. The quantitative estimate of drug-likeness (QED) is 0.0385. The average molecular weight is 666 g/mol. The molecule has 0 spiro atoms. The number of hydrogen-bond donors (Lipinski definition) is 0. The zero-order chi connectivity index (χ0) is 35.0. The van der Waals surface area contributed by atoms with Crippen molar-refractivity contribution in [1.82, 2.24) is 4.90 Å². The molecule has 0 bridgehead atoms. The van der Waals surface area contributed by atoms with Crippen molar-refractivity contribution in [2.24, 2.45) is 5.41 Å². The second-order valence-electron chi connectivity index (χ2n) is 15.6. The molecule has 0 aromatic carbocycles. The van der Waals surface area contributed by atoms with Gasteiger partial charge >= 0.3 is 0 Å². The molecule has 0 N–H and O–H groups in total. The maximum atomic E-state index is 6.46. The lowest BCUT2D eigenvalue weighted by molar-refractivity contribution is 0.118. The van der Waals surface area contributed by atoms with Crippen molar-refractivity contribution in [2.45, 2.75) is 213 Å². The first kappa shape index (κ1) is 44.5. The van der Waals surface area contributed by atoms with E-state index in [9.17, 15) is 0 Å². The standard InChI is InChI=1S/C46H83NO/c1-7-9-11-13-15-17-19-21-23-25-27-29-31-33-35-37-39-44(48-42-41-45(3)43-46(45,4)47(5)6)40-38-36-34-32-30-28-26-24-22-20-18-16-14-12-10-8-2/h15-18,21-24,41-42,44H,7-14,19-20,25-40,43H2,1-6H3/b17-15-,18-16-,23-21-,24-22-,42-41+. The summed E-state index contributed by atoms with van der Waals surface area (Å²) in [4.78, 5) is 2.38. The molecule has 2 atom stereocenters. The highest BCUT2D eigenvalue weighted by Crippen LogP contribution is 2.59. The molecule has 0 saturated heterocycles. The molecule has 2 unspecified atom stereocenters. The van der Waals surface area contributed by atoms with Crippen molar-refractivity contribution in [3.8, 4) is 0 Å². The lowest BCUT2D eigenvalue weighted by Crippen LogP contribution is -2.31. The Morgan fingerprint density at radius 1 is 0.521 bits per heavy atom. The van der Waals surface area contributed by atoms with Crippen LogP contribution in [-0.2, 0) is 4.74 Å². The van der Waals surface area contributed by atoms with Crippen LogP contribution in [0.2, 0.25) is 0 Å². The Labute approximate surface area is 302 Å². The summed E-state index contributed by atoms with van der Waals surface area (Å²) in [5.74, 6) is 0. The molecule has 1 fully saturated rings. The molecule has 2 nitrogen and oxygen atoms in total. The molecule has 2 heteroatoms. The van der Waals surface area contributed by atoms with Crippen LogP contribution in [0, 0.1) is 5.41 Å². The van der Waals surface area contributed by atoms with Crippen LogP contribution in [0.25, 0.3) is 0 Å². The number of ether oxygens (including phenoxy) is 1. The van der Waals surface area contributed by atoms with Crippen molar-refractivity contribution < 1.29 is 4.74 Å². The molecule has 1 saturated carbocycles. The van der Waals surface area contributed by atoms with Crippen LogP contribution in [0.1, 0.15) is 201 Å². The SMILES string of the molecule is CCCCC/C=C\C/C=C\CCCCCCCCC(CCCCCCCC/C=C\C/C=C\CCCCC)O/C=C/C1(C)CC1(C)N(C)C. The fourth-order valence-corrected chi connectivity index (χ4v) is 6.88. The third kappa shape index (κ3) is 23.0. The predicted molar refractivity (Wildman–Crippen MR) is 217 cm³/mol. The Morgan fingerprint density at radius 2 is 0.896 bits per heavy atom. The highest BCUT2D eigenvalue weighted by molar-refractivity contribution is 5.24. The van der Waals surface area contributed by atoms with Crippen molar-refractivity contribution in [3.63, 3.8) is 0 Å². The lowest BCUT2D eigenvalue weighted by atomic mass is 10.0. The van der Waals surface area contributed by atoms with Gasteiger partial charge in [-0.25, -0.2) is 0 Å². The van der Waals surface area contributed by atoms with Crippen LogP contribution in [0.4, 0.5) is 0 Å². The van der Waals surface area contributed by atoms with Gasteiger partial charge in [-0.15, -0.1) is 0 Å². The van der Waals surface area contributed by atoms with Crippen LogP contribution in [0.5, 0.6) is 0 Å². The van der Waals surface area contributed by atoms with E-state index in [1.165, 1.54) is 161 Å². The van der Waals surface area contributed by atoms with E-state index in [-0.39, 0.29) is 11.0 Å². The van der Waals surface area contributed by atoms with E-state index in [2.05, 4.69) is 108 Å². The maximum absolute atomic E-state index is 6.46. The molecule has 1 aliphatic carbocycles. The van der Waals surface area contributed by atoms with E-state index in [0.717, 1.165) is 12.8 Å². The van der Waals surface area contributed by atoms with Crippen LogP contribution in [0.3, 0.4) is 0 Å². The molecular formula is C46H83NO. The van der Waals surface area contributed by atoms with E-state index in [1.54, 1.807) is 0 Å². The van der Waals surface area contributed by atoms with Crippen molar-refractivity contribution >= 4 is 0 Å². The Balaban J connectivity index is 2.21. The zero-order valence-electron chi connectivity index (χ0n) is 33.3. The van der Waals surface area contributed by atoms with E-state index in [1.807, 2.05) is 0 Å². The van der Waals surface area contributed by atoms with Gasteiger partial charge in [-0.3, -0.25) is 0 Å². The highest BCUT2D eigenvalue weighted by atomic mass is 16.5. The van der Waals surface area contributed by atoms with Gasteiger partial charge in [0.1, 0.15) is 0 Å². The van der Waals surface area contributed by atoms with Crippen LogP contribution in [-0.4, -0.2) is 30.6 Å². The Bertz CT molecular complexity index is 817. The van der Waals surface area contributed by atoms with Gasteiger partial charge in [-0.2, -0.15) is 0 Å². The first-order valence-corrected chi connectivity index (χ1v) is 21.0. The minimum Gasteiger partial charge on any atom is -0.498 e. The molecule has 0 aliphatic heterocycles. The Morgan fingerprint density at radius 3 is 1.27 bits per heavy atom. The van der Waals surface area contributed by atoms with E-state index >= 15 is 0 Å². The summed E-state index contributed by atoms with van der Waals surface area (Å²) in [7, 11) is 4.42. The number of allylic oxidation sites excluding steroid dienone is 8. The monoisotopic (exact) mass is 666 g/mol. The molecule has 278 valence electrons. The zero-order valence-corrected chi connectivity index (χ0v) is 33.3. The molecule has 0 radical (unpaired) electrons. The summed E-state index contributed by atoms with van der Waals surface area (Å²) in [6.07, 6.45) is 58.8. The second kappa shape index (κ2) is 30.3. The van der Waals surface area contributed by atoms with Crippen molar-refractivity contribution in [2.75, 3.05) is 14.1 Å². The number of rotatable bonds is 34. The normalized spacial score (nSPS) is 20.0. The fraction of sp³-hybridized carbons (Fsp3) is 0.783. The predicted octanol–water partition coefficient (Wildman–Crippen LogP) is 15.0. The third-order valence-electron chi connectivity index (χ3n) is 11.0. The molecule has 1 aliphatic rings. The Hall–Kier alpha value is -1.54. The summed E-state index contributed by atoms with van der Waals surface area (Å²) in [6.45, 7) is 9.30. The minimum absolute atomic E-state index is 0.237. The van der Waals surface area contributed by atoms with E-state index in [0.29, 0.717) is 6.10 Å². The van der Waals surface area contributed by atoms with Gasteiger partial charge < -0.3 is 9.64 Å². The van der Waals surface area contributed by atoms with Gasteiger partial charge in [0.05, 0.1) is 12.4 Å². The van der Waals surface area contributed by atoms with Gasteiger partial charge in [-0.1, -0.05) is 146 Å². The van der Waals surface area contributed by atoms with Crippen molar-refractivity contribution in [1.29, 1.82) is 0 Å². The first-order valence-electron chi connectivity index (χ1n) is 21.0. The van der Waals surface area contributed by atoms with Gasteiger partial charge in [0.15, 0.2) is 0 Å². The number of hydrogen-bond acceptors (Lipinski definition) is 2. The van der Waals surface area contributed by atoms with Gasteiger partial charge in [0, 0.05) is 11.0 Å². The largest absolute Gasteiger partial charge is 0.498 e. The van der Waals surface area contributed by atoms with Gasteiger partial charge in [0.2, 0.25) is 0 Å². The number of nitrogens with zero attached hydrogens (tertiary/aromatic N) is 1. The molecule has 1 rings (SSSR count). The summed E-state index contributed by atoms with van der Waals surface area (Å²) in [6, 6.07) is 0. The third-order valence-corrected chi connectivity index (χ3v) is 11.0. The molecule has 0 heterocycles. The lowest BCUT2D eigenvalue weighted by Gasteiger charge is -2.24. The summed E-state index contributed by atoms with van der Waals surface area (Å²) in [5, 5.41) is 0. The molecule has 48 heavy (non-hydrogen) atoms. The van der Waals surface area contributed by atoms with E-state index in [4.69, 9.17) is 4.74 Å². The molecular weight excluding hydrogens is 583 g/mol. The summed E-state index contributed by atoms with van der Waals surface area (Å²) < 4.78 is 6.46. The summed E-state index contributed by atoms with van der Waals surface area (Å²) in [5.41, 5.74) is 0.505. The maximum Gasteiger partial charge on any atom is 0.0978 e. The first-order chi connectivity index (χ1) is 23.4. The average Bonchev–Trinajstić information content (AvgIpc) is 3.65. The second-order valence-corrected chi connectivity index (χ2v) is 15.6. The molecule has 0 amide bonds. The fourth-order valence-electron chi connectivity index (χ4n) is 6.88. The van der Waals surface area contributed by atoms with Crippen LogP contribution < -0.4 is 0 Å². The van der Waals surface area contributed by atoms with Crippen LogP contribution in [0.15, 0.2) is 60.9 Å². The molecule has 0 aromatic heterocycles. The van der Waals surface area contributed by atoms with Crippen LogP contribution >= 0.6 is 0 Å². The van der Waals surface area contributed by atoms with Gasteiger partial charge in [-0.05, 0) is 123 Å². The Kier molecular flexibility index (Phi) is 28.1. The van der Waals surface area contributed by atoms with Crippen molar-refractivity contribution in [3.05, 3.63) is 60.9 Å². The minimum atomic E-state index is 0.237. The van der Waals surface area contributed by atoms with Gasteiger partial charge in [0.25, 0.3) is 0 Å².